The quantitative estimate of drug-likeness (QED) is 0.405. The van der Waals surface area contributed by atoms with E-state index in [2.05, 4.69) is 10.2 Å². The Labute approximate surface area is 206 Å². The molecule has 1 aliphatic heterocycles. The molecule has 1 aliphatic rings. The largest absolute Gasteiger partial charge is 0.497 e. The number of esters is 1. The Morgan fingerprint density at radius 2 is 1.91 bits per heavy atom. The number of anilines is 2. The first-order valence-corrected chi connectivity index (χ1v) is 12.1. The van der Waals surface area contributed by atoms with Gasteiger partial charge in [-0.1, -0.05) is 23.5 Å². The number of piperidine rings is 1. The molecule has 0 unspecified atom stereocenters. The zero-order valence-corrected chi connectivity index (χ0v) is 20.2. The monoisotopic (exact) mass is 491 g/mol. The minimum atomic E-state index is -0.480. The molecule has 9 nitrogen and oxygen atoms in total. The highest BCUT2D eigenvalue weighted by atomic mass is 32.1. The highest BCUT2D eigenvalue weighted by molar-refractivity contribution is 7.20. The minimum absolute atomic E-state index is 0.117. The number of fused-ring (bicyclic) bond motifs is 1. The van der Waals surface area contributed by atoms with Gasteiger partial charge in [0.25, 0.3) is 0 Å². The van der Waals surface area contributed by atoms with Gasteiger partial charge >= 0.3 is 5.97 Å². The van der Waals surface area contributed by atoms with Crippen LogP contribution in [0.15, 0.2) is 54.7 Å². The molecular formula is C25H25N5O4S. The maximum absolute atomic E-state index is 13.0. The molecule has 3 heterocycles. The fourth-order valence-electron chi connectivity index (χ4n) is 4.20. The summed E-state index contributed by atoms with van der Waals surface area (Å²) in [5.41, 5.74) is 2.63. The van der Waals surface area contributed by atoms with Gasteiger partial charge in [0.1, 0.15) is 5.75 Å². The summed E-state index contributed by atoms with van der Waals surface area (Å²) in [6.45, 7) is 1.37. The molecule has 0 aliphatic carbocycles. The second-order valence-electron chi connectivity index (χ2n) is 8.28. The van der Waals surface area contributed by atoms with Crippen LogP contribution < -0.4 is 15.0 Å². The second-order valence-corrected chi connectivity index (χ2v) is 9.21. The number of carbonyl (C=O) groups excluding carboxylic acids is 2. The molecule has 1 amide bonds. The molecule has 0 radical (unpaired) electrons. The third-order valence-electron chi connectivity index (χ3n) is 6.07. The van der Waals surface area contributed by atoms with E-state index in [4.69, 9.17) is 19.6 Å². The lowest BCUT2D eigenvalue weighted by Gasteiger charge is -2.31. The smallest absolute Gasteiger partial charge is 0.339 e. The van der Waals surface area contributed by atoms with Crippen molar-refractivity contribution in [3.63, 3.8) is 0 Å². The van der Waals surface area contributed by atoms with Crippen molar-refractivity contribution < 1.29 is 19.1 Å². The first-order valence-electron chi connectivity index (χ1n) is 11.3. The van der Waals surface area contributed by atoms with Crippen LogP contribution in [0.1, 0.15) is 23.2 Å². The lowest BCUT2D eigenvalue weighted by atomic mass is 9.97. The van der Waals surface area contributed by atoms with Gasteiger partial charge in [0, 0.05) is 18.7 Å². The van der Waals surface area contributed by atoms with Crippen molar-refractivity contribution in [1.82, 2.24) is 14.6 Å². The van der Waals surface area contributed by atoms with E-state index in [9.17, 15) is 9.59 Å². The number of benzene rings is 2. The number of nitrogens with one attached hydrogen (secondary N) is 1. The SMILES string of the molecule is COC(=O)c1ccccc1NC(=O)[C@@H]1CCCN(c2nn3cc(-c4ccc(OC)cc4)nc3s2)C1. The molecule has 10 heteroatoms. The molecule has 1 atom stereocenters. The summed E-state index contributed by atoms with van der Waals surface area (Å²) < 4.78 is 11.8. The van der Waals surface area contributed by atoms with Crippen LogP contribution in [0.25, 0.3) is 16.2 Å². The molecule has 1 saturated heterocycles. The van der Waals surface area contributed by atoms with Gasteiger partial charge in [0.15, 0.2) is 0 Å². The molecule has 4 aromatic rings. The van der Waals surface area contributed by atoms with Gasteiger partial charge in [0.2, 0.25) is 16.0 Å². The first kappa shape index (κ1) is 22.9. The number of ether oxygens (including phenoxy) is 2. The predicted molar refractivity (Wildman–Crippen MR) is 134 cm³/mol. The summed E-state index contributed by atoms with van der Waals surface area (Å²) in [5.74, 6) is -0.0197. The maximum Gasteiger partial charge on any atom is 0.339 e. The van der Waals surface area contributed by atoms with E-state index in [1.165, 1.54) is 18.4 Å². The normalized spacial score (nSPS) is 15.7. The zero-order valence-electron chi connectivity index (χ0n) is 19.4. The summed E-state index contributed by atoms with van der Waals surface area (Å²) in [6, 6.07) is 14.6. The average Bonchev–Trinajstić information content (AvgIpc) is 3.48. The number of amides is 1. The summed E-state index contributed by atoms with van der Waals surface area (Å²) in [7, 11) is 2.97. The average molecular weight is 492 g/mol. The van der Waals surface area contributed by atoms with Crippen molar-refractivity contribution >= 4 is 39.0 Å². The third kappa shape index (κ3) is 4.69. The molecule has 1 fully saturated rings. The fourth-order valence-corrected chi connectivity index (χ4v) is 5.12. The van der Waals surface area contributed by atoms with Crippen LogP contribution in [0.3, 0.4) is 0 Å². The van der Waals surface area contributed by atoms with Gasteiger partial charge in [-0.25, -0.2) is 14.3 Å². The van der Waals surface area contributed by atoms with Gasteiger partial charge < -0.3 is 19.7 Å². The van der Waals surface area contributed by atoms with Crippen LogP contribution >= 0.6 is 11.3 Å². The van der Waals surface area contributed by atoms with Crippen LogP contribution in [-0.4, -0.2) is 53.8 Å². The van der Waals surface area contributed by atoms with E-state index in [-0.39, 0.29) is 11.8 Å². The first-order chi connectivity index (χ1) is 17.1. The fraction of sp³-hybridized carbons (Fsp3) is 0.280. The van der Waals surface area contributed by atoms with Crippen LogP contribution in [0.4, 0.5) is 10.8 Å². The van der Waals surface area contributed by atoms with E-state index in [1.54, 1.807) is 35.9 Å². The van der Waals surface area contributed by atoms with E-state index in [0.717, 1.165) is 46.5 Å². The minimum Gasteiger partial charge on any atom is -0.497 e. The summed E-state index contributed by atoms with van der Waals surface area (Å²) in [6.07, 6.45) is 3.55. The molecule has 0 spiro atoms. The molecule has 2 aromatic heterocycles. The number of carbonyl (C=O) groups is 2. The van der Waals surface area contributed by atoms with Crippen molar-refractivity contribution in [3.05, 3.63) is 60.3 Å². The number of nitrogens with zero attached hydrogens (tertiary/aromatic N) is 4. The van der Waals surface area contributed by atoms with Crippen LogP contribution in [-0.2, 0) is 9.53 Å². The van der Waals surface area contributed by atoms with Crippen LogP contribution in [0.2, 0.25) is 0 Å². The molecule has 180 valence electrons. The standard InChI is InChI=1S/C25H25N5O4S/c1-33-18-11-9-16(10-12-18)21-15-30-24(27-21)35-25(28-30)29-13-5-6-17(14-29)22(31)26-20-8-4-3-7-19(20)23(32)34-2/h3-4,7-12,15,17H,5-6,13-14H2,1-2H3,(H,26,31)/t17-/m1/s1. The van der Waals surface area contributed by atoms with Crippen molar-refractivity contribution in [3.8, 4) is 17.0 Å². The molecule has 2 aromatic carbocycles. The number of hydrogen-bond acceptors (Lipinski definition) is 8. The number of rotatable bonds is 6. The molecule has 35 heavy (non-hydrogen) atoms. The Hall–Kier alpha value is -3.92. The van der Waals surface area contributed by atoms with Crippen LogP contribution in [0.5, 0.6) is 5.75 Å². The molecule has 0 saturated carbocycles. The Bertz CT molecular complexity index is 1330. The van der Waals surface area contributed by atoms with E-state index in [1.807, 2.05) is 30.5 Å². The molecular weight excluding hydrogens is 466 g/mol. The Kier molecular flexibility index (Phi) is 6.37. The lowest BCUT2D eigenvalue weighted by Crippen LogP contribution is -2.41. The lowest BCUT2D eigenvalue weighted by molar-refractivity contribution is -0.120. The Balaban J connectivity index is 1.29. The third-order valence-corrected chi connectivity index (χ3v) is 7.05. The van der Waals surface area contributed by atoms with E-state index in [0.29, 0.717) is 17.8 Å². The summed E-state index contributed by atoms with van der Waals surface area (Å²) in [4.78, 5) is 32.7. The van der Waals surface area contributed by atoms with Gasteiger partial charge in [-0.15, -0.1) is 5.10 Å². The van der Waals surface area contributed by atoms with E-state index >= 15 is 0 Å². The maximum atomic E-state index is 13.0. The van der Waals surface area contributed by atoms with Crippen molar-refractivity contribution in [2.45, 2.75) is 12.8 Å². The molecule has 0 bridgehead atoms. The van der Waals surface area contributed by atoms with Gasteiger partial charge in [0.05, 0.1) is 43.3 Å². The van der Waals surface area contributed by atoms with Crippen molar-refractivity contribution in [1.29, 1.82) is 0 Å². The molecule has 1 N–H and O–H groups in total. The summed E-state index contributed by atoms with van der Waals surface area (Å²) in [5, 5.41) is 8.47. The number of aromatic nitrogens is 3. The van der Waals surface area contributed by atoms with Crippen molar-refractivity contribution in [2.24, 2.45) is 5.92 Å². The van der Waals surface area contributed by atoms with Gasteiger partial charge in [-0.3, -0.25) is 4.79 Å². The number of hydrogen-bond donors (Lipinski definition) is 1. The highest BCUT2D eigenvalue weighted by Crippen LogP contribution is 2.31. The predicted octanol–water partition coefficient (Wildman–Crippen LogP) is 4.11. The topological polar surface area (TPSA) is 98.1 Å². The van der Waals surface area contributed by atoms with Gasteiger partial charge in [-0.05, 0) is 49.2 Å². The Morgan fingerprint density at radius 1 is 1.11 bits per heavy atom. The van der Waals surface area contributed by atoms with Gasteiger partial charge in [-0.2, -0.15) is 0 Å². The zero-order chi connectivity index (χ0) is 24.4. The number of methoxy groups -OCH3 is 2. The second kappa shape index (κ2) is 9.75. The number of para-hydroxylation sites is 1. The van der Waals surface area contributed by atoms with E-state index < -0.39 is 5.97 Å². The Morgan fingerprint density at radius 3 is 2.66 bits per heavy atom. The van der Waals surface area contributed by atoms with Crippen molar-refractivity contribution in [2.75, 3.05) is 37.5 Å². The summed E-state index contributed by atoms with van der Waals surface area (Å²) >= 11 is 1.50. The number of imidazole rings is 1. The molecule has 5 rings (SSSR count). The van der Waals surface area contributed by atoms with Crippen LogP contribution in [0, 0.1) is 5.92 Å². The highest BCUT2D eigenvalue weighted by Gasteiger charge is 2.29.